The van der Waals surface area contributed by atoms with Crippen LogP contribution in [0.3, 0.4) is 0 Å². The van der Waals surface area contributed by atoms with Gasteiger partial charge in [-0.2, -0.15) is 0 Å². The molecule has 0 spiro atoms. The van der Waals surface area contributed by atoms with Crippen LogP contribution in [-0.4, -0.2) is 43.1 Å². The van der Waals surface area contributed by atoms with Crippen molar-refractivity contribution in [1.29, 1.82) is 0 Å². The fraction of sp³-hybridized carbons (Fsp3) is 0.400. The third kappa shape index (κ3) is 4.12. The number of likely N-dealkylation sites (tertiary alicyclic amines) is 1. The predicted molar refractivity (Wildman–Crippen MR) is 119 cm³/mol. The van der Waals surface area contributed by atoms with E-state index >= 15 is 0 Å². The topological polar surface area (TPSA) is 68.2 Å². The van der Waals surface area contributed by atoms with Crippen LogP contribution in [0.2, 0.25) is 0 Å². The average molecular weight is 424 g/mol. The summed E-state index contributed by atoms with van der Waals surface area (Å²) in [5, 5.41) is 10.7. The Hall–Kier alpha value is -2.99. The van der Waals surface area contributed by atoms with Crippen molar-refractivity contribution in [1.82, 2.24) is 4.90 Å². The van der Waals surface area contributed by atoms with Gasteiger partial charge in [-0.1, -0.05) is 25.0 Å². The van der Waals surface area contributed by atoms with Crippen molar-refractivity contribution in [3.8, 4) is 23.0 Å². The van der Waals surface area contributed by atoms with Gasteiger partial charge in [0.15, 0.2) is 17.3 Å². The highest BCUT2D eigenvalue weighted by atomic mass is 16.5. The van der Waals surface area contributed by atoms with Crippen molar-refractivity contribution in [2.24, 2.45) is 0 Å². The molecular weight excluding hydrogens is 394 g/mol. The first kappa shape index (κ1) is 21.2. The number of aryl methyl sites for hydroxylation is 1. The number of hydrogen-bond donors (Lipinski definition) is 1. The Kier molecular flexibility index (Phi) is 6.18. The number of Topliss-reactive ketones (excluding diaryl/α,β-unsaturated/α-hetero) is 1. The molecule has 4 rings (SSSR count). The van der Waals surface area contributed by atoms with Crippen molar-refractivity contribution in [3.63, 3.8) is 0 Å². The summed E-state index contributed by atoms with van der Waals surface area (Å²) >= 11 is 0. The molecule has 0 unspecified atom stereocenters. The number of methoxy groups -OCH3 is 2. The number of carbonyl (C=O) groups is 1. The first-order valence-electron chi connectivity index (χ1n) is 10.8. The lowest BCUT2D eigenvalue weighted by atomic mass is 9.99. The Balaban J connectivity index is 1.72. The Labute approximate surface area is 183 Å². The molecule has 6 heteroatoms. The average Bonchev–Trinajstić information content (AvgIpc) is 2.92. The highest BCUT2D eigenvalue weighted by molar-refractivity contribution is 6.16. The van der Waals surface area contributed by atoms with Crippen molar-refractivity contribution in [3.05, 3.63) is 52.3 Å². The number of benzene rings is 2. The molecule has 2 aliphatic heterocycles. The van der Waals surface area contributed by atoms with Crippen LogP contribution in [0.4, 0.5) is 0 Å². The summed E-state index contributed by atoms with van der Waals surface area (Å²) in [7, 11) is 3.14. The zero-order valence-corrected chi connectivity index (χ0v) is 18.4. The molecule has 164 valence electrons. The monoisotopic (exact) mass is 423 g/mol. The van der Waals surface area contributed by atoms with E-state index in [1.165, 1.54) is 12.8 Å². The summed E-state index contributed by atoms with van der Waals surface area (Å²) in [5.74, 6) is 1.79. The maximum Gasteiger partial charge on any atom is 0.232 e. The first-order chi connectivity index (χ1) is 15.0. The van der Waals surface area contributed by atoms with E-state index in [0.29, 0.717) is 46.0 Å². The Morgan fingerprint density at radius 1 is 1.13 bits per heavy atom. The van der Waals surface area contributed by atoms with Gasteiger partial charge in [-0.25, -0.2) is 0 Å². The molecule has 0 radical (unpaired) electrons. The van der Waals surface area contributed by atoms with Crippen molar-refractivity contribution >= 4 is 11.9 Å². The van der Waals surface area contributed by atoms with Crippen LogP contribution >= 0.6 is 0 Å². The minimum Gasteiger partial charge on any atom is -0.507 e. The number of phenols is 1. The van der Waals surface area contributed by atoms with Crippen LogP contribution in [-0.2, 0) is 6.54 Å². The highest BCUT2D eigenvalue weighted by Crippen LogP contribution is 2.43. The molecule has 6 nitrogen and oxygen atoms in total. The van der Waals surface area contributed by atoms with Gasteiger partial charge in [0, 0.05) is 12.1 Å². The second-order valence-electron chi connectivity index (χ2n) is 8.11. The summed E-state index contributed by atoms with van der Waals surface area (Å²) in [4.78, 5) is 15.6. The SMILES string of the molecule is COc1cccc(/C=C2\Oc3c(CN4CCCCCC4)c(O)cc(C)c3C2=O)c1OC. The van der Waals surface area contributed by atoms with Gasteiger partial charge in [-0.3, -0.25) is 9.69 Å². The molecule has 31 heavy (non-hydrogen) atoms. The summed E-state index contributed by atoms with van der Waals surface area (Å²) in [6.07, 6.45) is 6.44. The maximum absolute atomic E-state index is 13.2. The van der Waals surface area contributed by atoms with Crippen molar-refractivity contribution in [2.45, 2.75) is 39.2 Å². The fourth-order valence-electron chi connectivity index (χ4n) is 4.42. The Morgan fingerprint density at radius 3 is 2.55 bits per heavy atom. The second kappa shape index (κ2) is 9.02. The van der Waals surface area contributed by atoms with Crippen molar-refractivity contribution in [2.75, 3.05) is 27.3 Å². The number of nitrogens with zero attached hydrogens (tertiary/aromatic N) is 1. The van der Waals surface area contributed by atoms with Crippen LogP contribution in [0.5, 0.6) is 23.0 Å². The molecule has 1 N–H and O–H groups in total. The largest absolute Gasteiger partial charge is 0.507 e. The fourth-order valence-corrected chi connectivity index (χ4v) is 4.42. The van der Waals surface area contributed by atoms with Crippen molar-refractivity contribution < 1.29 is 24.1 Å². The molecule has 0 aliphatic carbocycles. The number of carbonyl (C=O) groups excluding carboxylic acids is 1. The van der Waals surface area contributed by atoms with Crippen LogP contribution < -0.4 is 14.2 Å². The van der Waals surface area contributed by atoms with E-state index in [1.807, 2.05) is 19.1 Å². The first-order valence-corrected chi connectivity index (χ1v) is 10.8. The molecule has 0 atom stereocenters. The number of para-hydroxylation sites is 1. The number of phenolic OH excluding ortho intramolecular Hbond substituents is 1. The molecule has 2 aliphatic rings. The number of ketones is 1. The number of aromatic hydroxyl groups is 1. The summed E-state index contributed by atoms with van der Waals surface area (Å²) in [5.41, 5.74) is 2.60. The van der Waals surface area contributed by atoms with E-state index in [-0.39, 0.29) is 17.3 Å². The third-order valence-electron chi connectivity index (χ3n) is 6.02. The van der Waals surface area contributed by atoms with E-state index < -0.39 is 0 Å². The van der Waals surface area contributed by atoms with E-state index in [9.17, 15) is 9.90 Å². The maximum atomic E-state index is 13.2. The summed E-state index contributed by atoms with van der Waals surface area (Å²) < 4.78 is 16.9. The third-order valence-corrected chi connectivity index (χ3v) is 6.02. The summed E-state index contributed by atoms with van der Waals surface area (Å²) in [6.45, 7) is 4.36. The zero-order chi connectivity index (χ0) is 22.0. The van der Waals surface area contributed by atoms with E-state index in [4.69, 9.17) is 14.2 Å². The van der Waals surface area contributed by atoms with E-state index in [1.54, 1.807) is 32.4 Å². The van der Waals surface area contributed by atoms with Gasteiger partial charge in [0.2, 0.25) is 5.78 Å². The number of allylic oxidation sites excluding steroid dienone is 1. The molecule has 0 bridgehead atoms. The summed E-state index contributed by atoms with van der Waals surface area (Å²) in [6, 6.07) is 7.15. The zero-order valence-electron chi connectivity index (χ0n) is 18.4. The molecule has 0 amide bonds. The lowest BCUT2D eigenvalue weighted by Gasteiger charge is -2.22. The molecule has 1 fully saturated rings. The van der Waals surface area contributed by atoms with Gasteiger partial charge >= 0.3 is 0 Å². The van der Waals surface area contributed by atoms with Gasteiger partial charge in [0.05, 0.1) is 25.3 Å². The van der Waals surface area contributed by atoms with Gasteiger partial charge in [-0.15, -0.1) is 0 Å². The Morgan fingerprint density at radius 2 is 1.87 bits per heavy atom. The van der Waals surface area contributed by atoms with Gasteiger partial charge in [0.1, 0.15) is 11.5 Å². The molecule has 0 saturated carbocycles. The van der Waals surface area contributed by atoms with Crippen LogP contribution in [0.1, 0.15) is 52.7 Å². The lowest BCUT2D eigenvalue weighted by Crippen LogP contribution is -2.24. The van der Waals surface area contributed by atoms with Gasteiger partial charge in [0.25, 0.3) is 0 Å². The standard InChI is InChI=1S/C25H29NO5/c1-16-13-19(27)18(15-26-11-6-4-5-7-12-26)25-22(16)23(28)21(31-25)14-17-9-8-10-20(29-2)24(17)30-3/h8-10,13-14,27H,4-7,11-12,15H2,1-3H3/b21-14-. The van der Waals surface area contributed by atoms with Crippen LogP contribution in [0, 0.1) is 6.92 Å². The van der Waals surface area contributed by atoms with Gasteiger partial charge < -0.3 is 19.3 Å². The number of ether oxygens (including phenoxy) is 3. The number of fused-ring (bicyclic) bond motifs is 1. The quantitative estimate of drug-likeness (QED) is 0.703. The predicted octanol–water partition coefficient (Wildman–Crippen LogP) is 4.71. The van der Waals surface area contributed by atoms with Gasteiger partial charge in [-0.05, 0) is 56.6 Å². The molecule has 2 aromatic rings. The minimum absolute atomic E-state index is 0.175. The van der Waals surface area contributed by atoms with E-state index in [2.05, 4.69) is 4.90 Å². The Bertz CT molecular complexity index is 1020. The number of rotatable bonds is 5. The molecular formula is C25H29NO5. The lowest BCUT2D eigenvalue weighted by molar-refractivity contribution is 0.101. The van der Waals surface area contributed by atoms with Crippen LogP contribution in [0.15, 0.2) is 30.0 Å². The second-order valence-corrected chi connectivity index (χ2v) is 8.11. The van der Waals surface area contributed by atoms with E-state index in [0.717, 1.165) is 25.9 Å². The van der Waals surface area contributed by atoms with Crippen LogP contribution in [0.25, 0.3) is 6.08 Å². The molecule has 1 saturated heterocycles. The molecule has 2 heterocycles. The molecule has 0 aromatic heterocycles. The molecule has 2 aromatic carbocycles. The normalized spacial score (nSPS) is 17.9. The smallest absolute Gasteiger partial charge is 0.232 e. The number of hydrogen-bond acceptors (Lipinski definition) is 6. The highest BCUT2D eigenvalue weighted by Gasteiger charge is 2.34. The minimum atomic E-state index is -0.186.